The van der Waals surface area contributed by atoms with Gasteiger partial charge >= 0.3 is 6.03 Å². The Kier molecular flexibility index (Phi) is 6.01. The second-order valence-corrected chi connectivity index (χ2v) is 8.58. The number of amides is 2. The molecule has 3 aromatic rings. The van der Waals surface area contributed by atoms with Crippen LogP contribution in [0.5, 0.6) is 0 Å². The molecule has 1 saturated heterocycles. The van der Waals surface area contributed by atoms with Gasteiger partial charge in [-0.3, -0.25) is 5.32 Å². The van der Waals surface area contributed by atoms with Crippen LogP contribution in [-0.2, 0) is 0 Å². The molecule has 0 aliphatic carbocycles. The van der Waals surface area contributed by atoms with E-state index in [2.05, 4.69) is 15.3 Å². The number of carbonyl (C=O) groups is 1. The van der Waals surface area contributed by atoms with E-state index in [1.807, 2.05) is 18.7 Å². The van der Waals surface area contributed by atoms with Crippen molar-refractivity contribution in [3.8, 4) is 0 Å². The Morgan fingerprint density at radius 2 is 2.16 bits per heavy atom. The van der Waals surface area contributed by atoms with E-state index in [9.17, 15) is 18.7 Å². The maximum absolute atomic E-state index is 14.6. The summed E-state index contributed by atoms with van der Waals surface area (Å²) in [5.41, 5.74) is 1.07. The van der Waals surface area contributed by atoms with Gasteiger partial charge in [-0.15, -0.1) is 0 Å². The highest BCUT2D eigenvalue weighted by atomic mass is 32.1. The van der Waals surface area contributed by atoms with Crippen molar-refractivity contribution in [2.45, 2.75) is 32.4 Å². The number of aliphatic hydroxyl groups excluding tert-OH is 1. The minimum atomic E-state index is -0.743. The second-order valence-electron chi connectivity index (χ2n) is 7.55. The molecule has 2 N–H and O–H groups in total. The predicted octanol–water partition coefficient (Wildman–Crippen LogP) is 4.16. The van der Waals surface area contributed by atoms with E-state index in [1.165, 1.54) is 35.7 Å². The summed E-state index contributed by atoms with van der Waals surface area (Å²) in [7, 11) is 0. The lowest BCUT2D eigenvalue weighted by molar-refractivity contribution is 0.172. The summed E-state index contributed by atoms with van der Waals surface area (Å²) in [6.45, 7) is 4.90. The number of aromatic nitrogens is 2. The number of carbonyl (C=O) groups excluding carboxylic acids is 1. The summed E-state index contributed by atoms with van der Waals surface area (Å²) in [5, 5.41) is 13.1. The van der Waals surface area contributed by atoms with Crippen LogP contribution >= 0.6 is 11.3 Å². The minimum absolute atomic E-state index is 0.159. The van der Waals surface area contributed by atoms with Gasteiger partial charge in [0.25, 0.3) is 0 Å². The molecule has 1 aliphatic heterocycles. The van der Waals surface area contributed by atoms with Crippen LogP contribution in [0.4, 0.5) is 24.5 Å². The van der Waals surface area contributed by atoms with Gasteiger partial charge in [0, 0.05) is 37.4 Å². The van der Waals surface area contributed by atoms with Crippen LogP contribution in [0.1, 0.15) is 31.9 Å². The highest BCUT2D eigenvalue weighted by Gasteiger charge is 2.29. The van der Waals surface area contributed by atoms with Crippen molar-refractivity contribution in [1.82, 2.24) is 14.9 Å². The second kappa shape index (κ2) is 8.72. The Bertz CT molecular complexity index is 1110. The fourth-order valence-corrected chi connectivity index (χ4v) is 4.53. The van der Waals surface area contributed by atoms with Gasteiger partial charge in [-0.2, -0.15) is 0 Å². The van der Waals surface area contributed by atoms with Crippen molar-refractivity contribution in [2.24, 2.45) is 0 Å². The van der Waals surface area contributed by atoms with E-state index in [-0.39, 0.29) is 23.7 Å². The molecule has 1 aliphatic rings. The van der Waals surface area contributed by atoms with Crippen molar-refractivity contribution in [3.05, 3.63) is 47.7 Å². The first kappa shape index (κ1) is 21.4. The number of urea groups is 1. The van der Waals surface area contributed by atoms with Gasteiger partial charge in [0.05, 0.1) is 16.3 Å². The predicted molar refractivity (Wildman–Crippen MR) is 116 cm³/mol. The molecule has 0 unspecified atom stereocenters. The first-order chi connectivity index (χ1) is 14.9. The number of hydrogen-bond donors (Lipinski definition) is 2. The molecule has 4 rings (SSSR count). The molecule has 2 atom stereocenters. The molecule has 164 valence electrons. The van der Waals surface area contributed by atoms with Crippen LogP contribution in [0.15, 0.2) is 30.5 Å². The average Bonchev–Trinajstić information content (AvgIpc) is 3.14. The Hall–Kier alpha value is -2.85. The standard InChI is InChI=1S/C21H23F2N5O2S/c1-3-17(29)13-8-15(23)19(24-10-13)28-7-6-27(11-12(28)2)21(30)26-20-25-16-5-4-14(22)9-18(16)31-20/h4-5,8-10,12,17,29H,3,6-7,11H2,1-2H3,(H,25,26,30)/t12-,17-/m0/s1. The lowest BCUT2D eigenvalue weighted by atomic mass is 10.1. The minimum Gasteiger partial charge on any atom is -0.388 e. The molecule has 0 saturated carbocycles. The van der Waals surface area contributed by atoms with Crippen LogP contribution in [0.2, 0.25) is 0 Å². The monoisotopic (exact) mass is 447 g/mol. The Morgan fingerprint density at radius 1 is 1.35 bits per heavy atom. The summed E-state index contributed by atoms with van der Waals surface area (Å²) in [6, 6.07) is 5.14. The number of anilines is 2. The van der Waals surface area contributed by atoms with E-state index in [1.54, 1.807) is 11.0 Å². The number of pyridine rings is 1. The maximum atomic E-state index is 14.6. The van der Waals surface area contributed by atoms with E-state index in [0.717, 1.165) is 0 Å². The zero-order valence-electron chi connectivity index (χ0n) is 17.2. The van der Waals surface area contributed by atoms with E-state index < -0.39 is 11.9 Å². The van der Waals surface area contributed by atoms with Crippen molar-refractivity contribution in [3.63, 3.8) is 0 Å². The number of rotatable bonds is 4. The van der Waals surface area contributed by atoms with Gasteiger partial charge in [-0.25, -0.2) is 23.5 Å². The molecule has 10 heteroatoms. The van der Waals surface area contributed by atoms with Crippen LogP contribution in [0.25, 0.3) is 10.2 Å². The first-order valence-corrected chi connectivity index (χ1v) is 10.9. The summed E-state index contributed by atoms with van der Waals surface area (Å²) in [4.78, 5) is 24.7. The number of hydrogen-bond acceptors (Lipinski definition) is 6. The molecule has 2 aromatic heterocycles. The normalized spacial score (nSPS) is 17.8. The molecule has 1 fully saturated rings. The number of nitrogens with one attached hydrogen (secondary N) is 1. The van der Waals surface area contributed by atoms with Gasteiger partial charge < -0.3 is 14.9 Å². The third-order valence-electron chi connectivity index (χ3n) is 5.37. The molecule has 1 aromatic carbocycles. The highest BCUT2D eigenvalue weighted by Crippen LogP contribution is 2.28. The smallest absolute Gasteiger partial charge is 0.323 e. The highest BCUT2D eigenvalue weighted by molar-refractivity contribution is 7.22. The van der Waals surface area contributed by atoms with Crippen LogP contribution in [-0.4, -0.2) is 51.7 Å². The lowest BCUT2D eigenvalue weighted by Gasteiger charge is -2.40. The number of piperazine rings is 1. The number of halogens is 2. The molecule has 0 bridgehead atoms. The Balaban J connectivity index is 1.42. The summed E-state index contributed by atoms with van der Waals surface area (Å²) < 4.78 is 28.7. The molecule has 3 heterocycles. The van der Waals surface area contributed by atoms with Gasteiger partial charge in [0.2, 0.25) is 0 Å². The molecule has 31 heavy (non-hydrogen) atoms. The van der Waals surface area contributed by atoms with Crippen molar-refractivity contribution < 1.29 is 18.7 Å². The molecule has 0 radical (unpaired) electrons. The molecular weight excluding hydrogens is 424 g/mol. The molecule has 0 spiro atoms. The Labute approximate surface area is 182 Å². The SMILES string of the molecule is CC[C@H](O)c1cnc(N2CCN(C(=O)Nc3nc4ccc(F)cc4s3)C[C@@H]2C)c(F)c1. The average molecular weight is 448 g/mol. The van der Waals surface area contributed by atoms with Gasteiger partial charge in [0.1, 0.15) is 5.82 Å². The summed E-state index contributed by atoms with van der Waals surface area (Å²) >= 11 is 1.21. The fraction of sp³-hybridized carbons (Fsp3) is 0.381. The number of fused-ring (bicyclic) bond motifs is 1. The zero-order valence-corrected chi connectivity index (χ0v) is 18.0. The molecular formula is C21H23F2N5O2S. The lowest BCUT2D eigenvalue weighted by Crippen LogP contribution is -2.55. The zero-order chi connectivity index (χ0) is 22.1. The quantitative estimate of drug-likeness (QED) is 0.628. The van der Waals surface area contributed by atoms with E-state index in [0.29, 0.717) is 47.0 Å². The van der Waals surface area contributed by atoms with Gasteiger partial charge in [0.15, 0.2) is 16.8 Å². The number of thiazole rings is 1. The van der Waals surface area contributed by atoms with Gasteiger partial charge in [-0.1, -0.05) is 18.3 Å². The van der Waals surface area contributed by atoms with Crippen molar-refractivity contribution >= 4 is 38.5 Å². The largest absolute Gasteiger partial charge is 0.388 e. The first-order valence-electron chi connectivity index (χ1n) is 10.1. The van der Waals surface area contributed by atoms with Crippen molar-refractivity contribution in [1.29, 1.82) is 0 Å². The topological polar surface area (TPSA) is 81.6 Å². The molecule has 2 amide bonds. The fourth-order valence-electron chi connectivity index (χ4n) is 3.65. The summed E-state index contributed by atoms with van der Waals surface area (Å²) in [6.07, 6.45) is 1.23. The third kappa shape index (κ3) is 4.45. The van der Waals surface area contributed by atoms with Crippen LogP contribution < -0.4 is 10.2 Å². The van der Waals surface area contributed by atoms with Gasteiger partial charge in [-0.05, 0) is 37.6 Å². The number of aliphatic hydroxyl groups is 1. The molecule has 7 nitrogen and oxygen atoms in total. The third-order valence-corrected chi connectivity index (χ3v) is 6.30. The van der Waals surface area contributed by atoms with E-state index in [4.69, 9.17) is 0 Å². The number of nitrogens with zero attached hydrogens (tertiary/aromatic N) is 4. The van der Waals surface area contributed by atoms with Crippen LogP contribution in [0.3, 0.4) is 0 Å². The van der Waals surface area contributed by atoms with Crippen molar-refractivity contribution in [2.75, 3.05) is 29.9 Å². The number of benzene rings is 1. The maximum Gasteiger partial charge on any atom is 0.323 e. The van der Waals surface area contributed by atoms with E-state index >= 15 is 0 Å². The summed E-state index contributed by atoms with van der Waals surface area (Å²) in [5.74, 6) is -0.624. The Morgan fingerprint density at radius 3 is 2.87 bits per heavy atom. The van der Waals surface area contributed by atoms with Crippen LogP contribution in [0, 0.1) is 11.6 Å².